The predicted octanol–water partition coefficient (Wildman–Crippen LogP) is 4.68. The summed E-state index contributed by atoms with van der Waals surface area (Å²) in [6.07, 6.45) is 0. The molecule has 0 spiro atoms. The molecule has 0 aliphatic carbocycles. The number of nitrogens with two attached hydrogens (primary N) is 1. The number of hydrogen-bond donors (Lipinski definition) is 1. The van der Waals surface area contributed by atoms with Crippen molar-refractivity contribution in [1.82, 2.24) is 0 Å². The maximum Gasteiger partial charge on any atom is 0.137 e. The van der Waals surface area contributed by atoms with Gasteiger partial charge < -0.3 is 5.73 Å². The molecule has 0 saturated carbocycles. The van der Waals surface area contributed by atoms with Crippen molar-refractivity contribution in [3.8, 4) is 0 Å². The molecule has 0 aliphatic heterocycles. The number of halogens is 5. The van der Waals surface area contributed by atoms with Crippen LogP contribution in [0, 0.1) is 17.5 Å². The Bertz CT molecular complexity index is 632. The van der Waals surface area contributed by atoms with Crippen LogP contribution in [-0.2, 0) is 0 Å². The Labute approximate surface area is 124 Å². The van der Waals surface area contributed by atoms with Gasteiger partial charge in [-0.2, -0.15) is 0 Å². The molecule has 1 atom stereocenters. The lowest BCUT2D eigenvalue weighted by atomic mass is 9.98. The Morgan fingerprint density at radius 1 is 0.842 bits per heavy atom. The second-order valence-electron chi connectivity index (χ2n) is 3.93. The van der Waals surface area contributed by atoms with Crippen molar-refractivity contribution in [3.05, 3.63) is 67.9 Å². The van der Waals surface area contributed by atoms with Crippen LogP contribution in [-0.4, -0.2) is 0 Å². The van der Waals surface area contributed by atoms with Crippen molar-refractivity contribution in [2.75, 3.05) is 0 Å². The van der Waals surface area contributed by atoms with Gasteiger partial charge in [0.2, 0.25) is 0 Å². The average molecular weight is 395 g/mol. The molecule has 0 saturated heterocycles. The Hall–Kier alpha value is -0.850. The van der Waals surface area contributed by atoms with Crippen LogP contribution in [0.3, 0.4) is 0 Å². The Morgan fingerprint density at radius 2 is 1.47 bits per heavy atom. The largest absolute Gasteiger partial charge is 0.320 e. The summed E-state index contributed by atoms with van der Waals surface area (Å²) in [6, 6.07) is 5.11. The highest BCUT2D eigenvalue weighted by Crippen LogP contribution is 2.29. The molecule has 0 radical (unpaired) electrons. The summed E-state index contributed by atoms with van der Waals surface area (Å²) in [5.74, 6) is -1.92. The van der Waals surface area contributed by atoms with E-state index in [1.807, 2.05) is 0 Å². The summed E-state index contributed by atoms with van der Waals surface area (Å²) in [5, 5.41) is 0. The van der Waals surface area contributed by atoms with E-state index in [4.69, 9.17) is 5.73 Å². The van der Waals surface area contributed by atoms with Gasteiger partial charge in [-0.15, -0.1) is 0 Å². The van der Waals surface area contributed by atoms with Crippen LogP contribution in [0.25, 0.3) is 0 Å². The first-order valence-corrected chi connectivity index (χ1v) is 6.83. The smallest absolute Gasteiger partial charge is 0.137 e. The maximum absolute atomic E-state index is 13.8. The highest BCUT2D eigenvalue weighted by Gasteiger charge is 2.19. The van der Waals surface area contributed by atoms with Crippen molar-refractivity contribution in [1.29, 1.82) is 0 Å². The molecule has 0 aromatic heterocycles. The fourth-order valence-corrected chi connectivity index (χ4v) is 2.35. The molecular weight excluding hydrogens is 387 g/mol. The minimum atomic E-state index is -1.07. The fraction of sp³-hybridized carbons (Fsp3) is 0.0769. The molecule has 2 aromatic rings. The van der Waals surface area contributed by atoms with Crippen molar-refractivity contribution in [3.63, 3.8) is 0 Å². The summed E-state index contributed by atoms with van der Waals surface area (Å²) >= 11 is 5.99. The quantitative estimate of drug-likeness (QED) is 0.735. The summed E-state index contributed by atoms with van der Waals surface area (Å²) in [6.45, 7) is 0. The van der Waals surface area contributed by atoms with E-state index in [-0.39, 0.29) is 15.6 Å². The molecule has 6 heteroatoms. The third-order valence-electron chi connectivity index (χ3n) is 2.67. The number of rotatable bonds is 2. The molecule has 0 aliphatic rings. The Kier molecular flexibility index (Phi) is 4.32. The van der Waals surface area contributed by atoms with E-state index in [0.29, 0.717) is 4.47 Å². The second-order valence-corrected chi connectivity index (χ2v) is 5.70. The molecule has 0 bridgehead atoms. The molecule has 0 heterocycles. The van der Waals surface area contributed by atoms with Gasteiger partial charge in [-0.25, -0.2) is 13.2 Å². The molecule has 1 nitrogen and oxygen atoms in total. The predicted molar refractivity (Wildman–Crippen MR) is 74.2 cm³/mol. The van der Waals surface area contributed by atoms with E-state index in [0.717, 1.165) is 12.1 Å². The van der Waals surface area contributed by atoms with Crippen molar-refractivity contribution >= 4 is 31.9 Å². The zero-order valence-electron chi connectivity index (χ0n) is 9.43. The molecule has 0 fully saturated rings. The zero-order chi connectivity index (χ0) is 14.2. The SMILES string of the molecule is NC(c1ccc(Br)cc1F)c1cc(F)c(Br)cc1F. The Morgan fingerprint density at radius 3 is 2.11 bits per heavy atom. The van der Waals surface area contributed by atoms with Gasteiger partial charge in [-0.1, -0.05) is 22.0 Å². The number of benzene rings is 2. The molecule has 1 unspecified atom stereocenters. The maximum atomic E-state index is 13.8. The zero-order valence-corrected chi connectivity index (χ0v) is 12.6. The van der Waals surface area contributed by atoms with Crippen LogP contribution in [0.1, 0.15) is 17.2 Å². The van der Waals surface area contributed by atoms with E-state index < -0.39 is 23.5 Å². The molecule has 0 amide bonds. The van der Waals surface area contributed by atoms with E-state index in [1.54, 1.807) is 6.07 Å². The van der Waals surface area contributed by atoms with Crippen molar-refractivity contribution in [2.45, 2.75) is 6.04 Å². The monoisotopic (exact) mass is 393 g/mol. The number of hydrogen-bond acceptors (Lipinski definition) is 1. The minimum absolute atomic E-state index is 0.00257. The third-order valence-corrected chi connectivity index (χ3v) is 3.77. The van der Waals surface area contributed by atoms with E-state index in [2.05, 4.69) is 31.9 Å². The average Bonchev–Trinajstić information content (AvgIpc) is 2.33. The van der Waals surface area contributed by atoms with Crippen LogP contribution in [0.5, 0.6) is 0 Å². The first-order valence-electron chi connectivity index (χ1n) is 5.25. The lowest BCUT2D eigenvalue weighted by Crippen LogP contribution is -2.15. The topological polar surface area (TPSA) is 26.0 Å². The molecule has 100 valence electrons. The third kappa shape index (κ3) is 3.01. The first-order chi connectivity index (χ1) is 8.90. The van der Waals surface area contributed by atoms with E-state index >= 15 is 0 Å². The fourth-order valence-electron chi connectivity index (χ4n) is 1.70. The molecular formula is C13H8Br2F3N. The van der Waals surface area contributed by atoms with Gasteiger partial charge in [-0.3, -0.25) is 0 Å². The minimum Gasteiger partial charge on any atom is -0.320 e. The molecule has 19 heavy (non-hydrogen) atoms. The first kappa shape index (κ1) is 14.6. The van der Waals surface area contributed by atoms with Crippen LogP contribution in [0.4, 0.5) is 13.2 Å². The highest BCUT2D eigenvalue weighted by atomic mass is 79.9. The van der Waals surface area contributed by atoms with Gasteiger partial charge in [0.25, 0.3) is 0 Å². The standard InChI is InChI=1S/C13H8Br2F3N/c14-6-1-2-7(10(16)3-6)13(19)8-4-12(18)9(15)5-11(8)17/h1-5,13H,19H2. The van der Waals surface area contributed by atoms with Gasteiger partial charge in [0.15, 0.2) is 0 Å². The highest BCUT2D eigenvalue weighted by molar-refractivity contribution is 9.10. The van der Waals surface area contributed by atoms with Gasteiger partial charge >= 0.3 is 0 Å². The second kappa shape index (κ2) is 5.64. The van der Waals surface area contributed by atoms with Crippen molar-refractivity contribution < 1.29 is 13.2 Å². The summed E-state index contributed by atoms with van der Waals surface area (Å²) in [7, 11) is 0. The summed E-state index contributed by atoms with van der Waals surface area (Å²) < 4.78 is 41.5. The van der Waals surface area contributed by atoms with Gasteiger partial charge in [0, 0.05) is 15.6 Å². The summed E-state index contributed by atoms with van der Waals surface area (Å²) in [4.78, 5) is 0. The normalized spacial score (nSPS) is 12.5. The van der Waals surface area contributed by atoms with Crippen LogP contribution in [0.2, 0.25) is 0 Å². The van der Waals surface area contributed by atoms with Crippen LogP contribution >= 0.6 is 31.9 Å². The lowest BCUT2D eigenvalue weighted by Gasteiger charge is -2.15. The molecule has 2 rings (SSSR count). The van der Waals surface area contributed by atoms with Crippen molar-refractivity contribution in [2.24, 2.45) is 5.73 Å². The van der Waals surface area contributed by atoms with Gasteiger partial charge in [-0.05, 0) is 40.2 Å². The molecule has 2 aromatic carbocycles. The van der Waals surface area contributed by atoms with Gasteiger partial charge in [0.05, 0.1) is 10.5 Å². The van der Waals surface area contributed by atoms with Crippen LogP contribution < -0.4 is 5.73 Å². The molecule has 2 N–H and O–H groups in total. The Balaban J connectivity index is 2.49. The lowest BCUT2D eigenvalue weighted by molar-refractivity contribution is 0.559. The van der Waals surface area contributed by atoms with E-state index in [9.17, 15) is 13.2 Å². The van der Waals surface area contributed by atoms with Crippen LogP contribution in [0.15, 0.2) is 39.3 Å². The van der Waals surface area contributed by atoms with Gasteiger partial charge in [0.1, 0.15) is 17.5 Å². The van der Waals surface area contributed by atoms with E-state index in [1.165, 1.54) is 12.1 Å². The summed E-state index contributed by atoms with van der Waals surface area (Å²) in [5.41, 5.74) is 5.82.